The van der Waals surface area contributed by atoms with Crippen LogP contribution in [0.15, 0.2) is 34.2 Å². The molecule has 0 bridgehead atoms. The van der Waals surface area contributed by atoms with Crippen molar-refractivity contribution >= 4 is 23.4 Å². The number of anilines is 1. The number of hydrogen-bond donors (Lipinski definition) is 1. The van der Waals surface area contributed by atoms with E-state index in [0.29, 0.717) is 16.6 Å². The minimum atomic E-state index is -0.138. The van der Waals surface area contributed by atoms with Crippen LogP contribution in [0.1, 0.15) is 29.3 Å². The molecule has 3 rings (SSSR count). The second-order valence-electron chi connectivity index (χ2n) is 5.92. The second-order valence-corrected chi connectivity index (χ2v) is 6.91. The maximum atomic E-state index is 12.4. The van der Waals surface area contributed by atoms with Gasteiger partial charge in [-0.25, -0.2) is 4.98 Å². The molecule has 1 atom stereocenters. The zero-order chi connectivity index (χ0) is 16.6. The number of hydrogen-bond acceptors (Lipinski definition) is 4. The van der Waals surface area contributed by atoms with Crippen molar-refractivity contribution in [1.29, 1.82) is 0 Å². The van der Waals surface area contributed by atoms with E-state index in [2.05, 4.69) is 10.3 Å². The molecular weight excluding hydrogens is 310 g/mol. The van der Waals surface area contributed by atoms with E-state index in [1.54, 1.807) is 4.57 Å². The molecule has 23 heavy (non-hydrogen) atoms. The van der Waals surface area contributed by atoms with Crippen LogP contribution in [0, 0.1) is 20.8 Å². The standard InChI is InChI=1S/C17H19N3O2S/c1-10-4-5-11(2)14(6-10)19-15(21)8-13-9-23-17-18-12(3)7-16(22)20(13)17/h4-7,13H,8-9H2,1-3H3,(H,19,21). The number of carbonyl (C=O) groups is 1. The van der Waals surface area contributed by atoms with Crippen molar-refractivity contribution in [2.75, 3.05) is 11.1 Å². The first-order valence-corrected chi connectivity index (χ1v) is 8.52. The van der Waals surface area contributed by atoms with Gasteiger partial charge >= 0.3 is 0 Å². The van der Waals surface area contributed by atoms with Gasteiger partial charge in [0.2, 0.25) is 5.91 Å². The number of benzene rings is 1. The van der Waals surface area contributed by atoms with E-state index in [1.165, 1.54) is 17.8 Å². The third kappa shape index (κ3) is 3.32. The van der Waals surface area contributed by atoms with Gasteiger partial charge in [0.1, 0.15) is 0 Å². The van der Waals surface area contributed by atoms with Crippen molar-refractivity contribution in [3.8, 4) is 0 Å². The number of thioether (sulfide) groups is 1. The van der Waals surface area contributed by atoms with E-state index in [-0.39, 0.29) is 23.9 Å². The Morgan fingerprint density at radius 1 is 1.35 bits per heavy atom. The first-order chi connectivity index (χ1) is 10.9. The zero-order valence-electron chi connectivity index (χ0n) is 13.4. The molecule has 1 amide bonds. The average molecular weight is 329 g/mol. The molecule has 2 aromatic rings. The van der Waals surface area contributed by atoms with Gasteiger partial charge in [0.15, 0.2) is 5.16 Å². The topological polar surface area (TPSA) is 64.0 Å². The van der Waals surface area contributed by atoms with Crippen molar-refractivity contribution in [3.05, 3.63) is 51.4 Å². The quantitative estimate of drug-likeness (QED) is 0.880. The Bertz CT molecular complexity index is 829. The third-order valence-corrected chi connectivity index (χ3v) is 5.00. The van der Waals surface area contributed by atoms with Crippen molar-refractivity contribution in [2.24, 2.45) is 0 Å². The lowest BCUT2D eigenvalue weighted by Gasteiger charge is -2.14. The van der Waals surface area contributed by atoms with Gasteiger partial charge in [-0.15, -0.1) is 0 Å². The number of amides is 1. The van der Waals surface area contributed by atoms with Crippen LogP contribution in [0.25, 0.3) is 0 Å². The summed E-state index contributed by atoms with van der Waals surface area (Å²) in [4.78, 5) is 28.9. The van der Waals surface area contributed by atoms with Gasteiger partial charge in [-0.3, -0.25) is 14.2 Å². The highest BCUT2D eigenvalue weighted by atomic mass is 32.2. The average Bonchev–Trinajstić information content (AvgIpc) is 2.85. The molecule has 1 N–H and O–H groups in total. The summed E-state index contributed by atoms with van der Waals surface area (Å²) < 4.78 is 1.64. The highest BCUT2D eigenvalue weighted by Crippen LogP contribution is 2.32. The fourth-order valence-corrected chi connectivity index (χ4v) is 3.89. The zero-order valence-corrected chi connectivity index (χ0v) is 14.2. The summed E-state index contributed by atoms with van der Waals surface area (Å²) in [5.41, 5.74) is 3.59. The maximum absolute atomic E-state index is 12.4. The molecule has 1 unspecified atom stereocenters. The van der Waals surface area contributed by atoms with Gasteiger partial charge in [0.25, 0.3) is 5.56 Å². The minimum absolute atomic E-state index is 0.0791. The summed E-state index contributed by atoms with van der Waals surface area (Å²) in [7, 11) is 0. The van der Waals surface area contributed by atoms with Crippen LogP contribution < -0.4 is 10.9 Å². The fraction of sp³-hybridized carbons (Fsp3) is 0.353. The van der Waals surface area contributed by atoms with Crippen LogP contribution in [0.2, 0.25) is 0 Å². The Morgan fingerprint density at radius 2 is 2.13 bits per heavy atom. The van der Waals surface area contributed by atoms with Crippen molar-refractivity contribution in [3.63, 3.8) is 0 Å². The number of rotatable bonds is 3. The van der Waals surface area contributed by atoms with Crippen LogP contribution in [0.4, 0.5) is 5.69 Å². The molecule has 1 aliphatic rings. The Labute approximate surface area is 139 Å². The van der Waals surface area contributed by atoms with Gasteiger partial charge in [0, 0.05) is 29.6 Å². The summed E-state index contributed by atoms with van der Waals surface area (Å²) >= 11 is 1.53. The second kappa shape index (κ2) is 6.20. The molecule has 2 heterocycles. The molecule has 120 valence electrons. The molecule has 1 aliphatic heterocycles. The van der Waals surface area contributed by atoms with Crippen molar-refractivity contribution < 1.29 is 4.79 Å². The molecule has 0 fully saturated rings. The van der Waals surface area contributed by atoms with Gasteiger partial charge < -0.3 is 5.32 Å². The Hall–Kier alpha value is -2.08. The van der Waals surface area contributed by atoms with E-state index in [0.717, 1.165) is 16.8 Å². The molecule has 0 aliphatic carbocycles. The van der Waals surface area contributed by atoms with E-state index in [1.807, 2.05) is 39.0 Å². The molecule has 1 aromatic carbocycles. The molecule has 5 nitrogen and oxygen atoms in total. The predicted octanol–water partition coefficient (Wildman–Crippen LogP) is 2.84. The number of fused-ring (bicyclic) bond motifs is 1. The highest BCUT2D eigenvalue weighted by Gasteiger charge is 2.27. The summed E-state index contributed by atoms with van der Waals surface area (Å²) in [6, 6.07) is 7.35. The summed E-state index contributed by atoms with van der Waals surface area (Å²) in [5, 5.41) is 3.66. The largest absolute Gasteiger partial charge is 0.326 e. The summed E-state index contributed by atoms with van der Waals surface area (Å²) in [6.07, 6.45) is 0.276. The molecule has 0 radical (unpaired) electrons. The molecule has 1 aromatic heterocycles. The molecular formula is C17H19N3O2S. The van der Waals surface area contributed by atoms with Gasteiger partial charge in [-0.1, -0.05) is 23.9 Å². The third-order valence-electron chi connectivity index (χ3n) is 3.91. The Kier molecular flexibility index (Phi) is 4.26. The Morgan fingerprint density at radius 3 is 2.91 bits per heavy atom. The fourth-order valence-electron chi connectivity index (χ4n) is 2.70. The minimum Gasteiger partial charge on any atom is -0.326 e. The first kappa shape index (κ1) is 15.8. The lowest BCUT2D eigenvalue weighted by Crippen LogP contribution is -2.27. The number of nitrogens with one attached hydrogen (secondary N) is 1. The van der Waals surface area contributed by atoms with Crippen molar-refractivity contribution in [1.82, 2.24) is 9.55 Å². The Balaban J connectivity index is 1.76. The van der Waals surface area contributed by atoms with Gasteiger partial charge in [0.05, 0.1) is 6.04 Å². The highest BCUT2D eigenvalue weighted by molar-refractivity contribution is 7.99. The summed E-state index contributed by atoms with van der Waals surface area (Å²) in [5.74, 6) is 0.621. The number of aryl methyl sites for hydroxylation is 3. The predicted molar refractivity (Wildman–Crippen MR) is 92.2 cm³/mol. The van der Waals surface area contributed by atoms with Crippen LogP contribution in [-0.4, -0.2) is 21.2 Å². The van der Waals surface area contributed by atoms with E-state index in [4.69, 9.17) is 0 Å². The lowest BCUT2D eigenvalue weighted by molar-refractivity contribution is -0.116. The van der Waals surface area contributed by atoms with E-state index < -0.39 is 0 Å². The number of nitrogens with zero attached hydrogens (tertiary/aromatic N) is 2. The molecule has 0 saturated heterocycles. The summed E-state index contributed by atoms with van der Waals surface area (Å²) in [6.45, 7) is 5.77. The van der Waals surface area contributed by atoms with Crippen LogP contribution >= 0.6 is 11.8 Å². The number of aromatic nitrogens is 2. The lowest BCUT2D eigenvalue weighted by atomic mass is 10.1. The van der Waals surface area contributed by atoms with Crippen LogP contribution in [-0.2, 0) is 4.79 Å². The first-order valence-electron chi connectivity index (χ1n) is 7.54. The van der Waals surface area contributed by atoms with Gasteiger partial charge in [-0.2, -0.15) is 0 Å². The van der Waals surface area contributed by atoms with Crippen LogP contribution in [0.3, 0.4) is 0 Å². The number of carbonyl (C=O) groups excluding carboxylic acids is 1. The van der Waals surface area contributed by atoms with E-state index in [9.17, 15) is 9.59 Å². The van der Waals surface area contributed by atoms with Crippen molar-refractivity contribution in [2.45, 2.75) is 38.4 Å². The SMILES string of the molecule is Cc1ccc(C)c(NC(=O)CC2CSc3nc(C)cc(=O)n32)c1. The molecule has 6 heteroatoms. The van der Waals surface area contributed by atoms with Crippen LogP contribution in [0.5, 0.6) is 0 Å². The monoisotopic (exact) mass is 329 g/mol. The smallest absolute Gasteiger partial charge is 0.254 e. The normalized spacial score (nSPS) is 16.2. The molecule has 0 saturated carbocycles. The van der Waals surface area contributed by atoms with Gasteiger partial charge in [-0.05, 0) is 38.0 Å². The van der Waals surface area contributed by atoms with E-state index >= 15 is 0 Å². The maximum Gasteiger partial charge on any atom is 0.254 e. The molecule has 0 spiro atoms.